The summed E-state index contributed by atoms with van der Waals surface area (Å²) >= 11 is 0. The fraction of sp³-hybridized carbons (Fsp3) is 0.688. The first-order valence-electron chi connectivity index (χ1n) is 7.67. The second-order valence-electron chi connectivity index (χ2n) is 5.64. The lowest BCUT2D eigenvalue weighted by molar-refractivity contribution is 0.0496. The predicted molar refractivity (Wildman–Crippen MR) is 84.6 cm³/mol. The van der Waals surface area contributed by atoms with Gasteiger partial charge < -0.3 is 19.7 Å². The summed E-state index contributed by atoms with van der Waals surface area (Å²) in [5.41, 5.74) is 1.23. The van der Waals surface area contributed by atoms with Gasteiger partial charge in [-0.3, -0.25) is 0 Å². The summed E-state index contributed by atoms with van der Waals surface area (Å²) in [7, 11) is 3.52. The quantitative estimate of drug-likeness (QED) is 0.775. The molecule has 1 saturated heterocycles. The molecular weight excluding hydrogens is 266 g/mol. The first kappa shape index (κ1) is 16.2. The summed E-state index contributed by atoms with van der Waals surface area (Å²) in [5.74, 6) is 1.69. The summed E-state index contributed by atoms with van der Waals surface area (Å²) < 4.78 is 10.7. The largest absolute Gasteiger partial charge is 0.383 e. The lowest BCUT2D eigenvalue weighted by Crippen LogP contribution is -2.44. The highest BCUT2D eigenvalue weighted by molar-refractivity contribution is 5.47. The smallest absolute Gasteiger partial charge is 0.133 e. The van der Waals surface area contributed by atoms with Crippen molar-refractivity contribution in [3.8, 4) is 0 Å². The average molecular weight is 293 g/mol. The van der Waals surface area contributed by atoms with Gasteiger partial charge in [0.25, 0.3) is 0 Å². The molecule has 0 aromatic carbocycles. The van der Waals surface area contributed by atoms with Crippen LogP contribution in [0.1, 0.15) is 18.9 Å². The number of ether oxygens (including phenoxy) is 2. The van der Waals surface area contributed by atoms with Crippen LogP contribution in [0.3, 0.4) is 0 Å². The van der Waals surface area contributed by atoms with Crippen LogP contribution in [0.15, 0.2) is 18.3 Å². The van der Waals surface area contributed by atoms with Crippen LogP contribution in [0.2, 0.25) is 0 Å². The number of methoxy groups -OCH3 is 2. The maximum atomic E-state index is 5.61. The van der Waals surface area contributed by atoms with Gasteiger partial charge in [0.1, 0.15) is 5.82 Å². The van der Waals surface area contributed by atoms with Gasteiger partial charge in [-0.1, -0.05) is 13.0 Å². The van der Waals surface area contributed by atoms with Crippen molar-refractivity contribution in [2.45, 2.75) is 26.0 Å². The molecule has 0 bridgehead atoms. The van der Waals surface area contributed by atoms with Crippen LogP contribution < -0.4 is 10.2 Å². The Bertz CT molecular complexity index is 428. The number of hydrogen-bond donors (Lipinski definition) is 1. The van der Waals surface area contributed by atoms with Crippen molar-refractivity contribution in [1.82, 2.24) is 10.3 Å². The molecule has 1 N–H and O–H groups in total. The number of rotatable bonds is 7. The van der Waals surface area contributed by atoms with Gasteiger partial charge in [0.15, 0.2) is 0 Å². The van der Waals surface area contributed by atoms with Crippen LogP contribution >= 0.6 is 0 Å². The van der Waals surface area contributed by atoms with Gasteiger partial charge in [-0.05, 0) is 18.4 Å². The number of nitrogens with one attached hydrogen (secondary N) is 1. The first-order chi connectivity index (χ1) is 10.3. The van der Waals surface area contributed by atoms with Crippen molar-refractivity contribution < 1.29 is 9.47 Å². The molecule has 2 atom stereocenters. The van der Waals surface area contributed by atoms with Crippen LogP contribution in [-0.4, -0.2) is 51.5 Å². The predicted octanol–water partition coefficient (Wildman–Crippen LogP) is 1.68. The Morgan fingerprint density at radius 2 is 2.29 bits per heavy atom. The third-order valence-electron chi connectivity index (χ3n) is 4.16. The zero-order chi connectivity index (χ0) is 15.1. The lowest BCUT2D eigenvalue weighted by atomic mass is 9.95. The summed E-state index contributed by atoms with van der Waals surface area (Å²) in [5, 5.41) is 3.39. The Morgan fingerprint density at radius 3 is 3.05 bits per heavy atom. The molecule has 0 saturated carbocycles. The minimum Gasteiger partial charge on any atom is -0.383 e. The van der Waals surface area contributed by atoms with E-state index in [4.69, 9.17) is 9.47 Å². The molecule has 0 aliphatic carbocycles. The van der Waals surface area contributed by atoms with Gasteiger partial charge in [-0.25, -0.2) is 4.98 Å². The van der Waals surface area contributed by atoms with E-state index in [-0.39, 0.29) is 6.10 Å². The van der Waals surface area contributed by atoms with E-state index in [2.05, 4.69) is 28.2 Å². The molecular formula is C16H27N3O2. The first-order valence-corrected chi connectivity index (χ1v) is 7.67. The van der Waals surface area contributed by atoms with Crippen molar-refractivity contribution in [1.29, 1.82) is 0 Å². The zero-order valence-electron chi connectivity index (χ0n) is 13.3. The van der Waals surface area contributed by atoms with Crippen molar-refractivity contribution in [2.75, 3.05) is 45.4 Å². The summed E-state index contributed by atoms with van der Waals surface area (Å²) in [6.07, 6.45) is 3.30. The highest BCUT2D eigenvalue weighted by Crippen LogP contribution is 2.25. The molecule has 2 rings (SSSR count). The molecule has 2 heterocycles. The second kappa shape index (κ2) is 8.32. The number of pyridine rings is 1. The molecule has 0 radical (unpaired) electrons. The summed E-state index contributed by atoms with van der Waals surface area (Å²) in [6.45, 7) is 6.61. The minimum atomic E-state index is 0.287. The summed E-state index contributed by atoms with van der Waals surface area (Å²) in [6, 6.07) is 4.14. The minimum absolute atomic E-state index is 0.287. The van der Waals surface area contributed by atoms with E-state index < -0.39 is 0 Å². The molecule has 0 amide bonds. The van der Waals surface area contributed by atoms with Gasteiger partial charge in [-0.15, -0.1) is 0 Å². The van der Waals surface area contributed by atoms with Gasteiger partial charge in [0, 0.05) is 52.2 Å². The van der Waals surface area contributed by atoms with E-state index in [9.17, 15) is 0 Å². The van der Waals surface area contributed by atoms with Crippen LogP contribution in [0.25, 0.3) is 0 Å². The maximum absolute atomic E-state index is 5.61. The number of nitrogens with zero attached hydrogens (tertiary/aromatic N) is 2. The topological polar surface area (TPSA) is 46.6 Å². The van der Waals surface area contributed by atoms with Crippen LogP contribution in [0, 0.1) is 5.92 Å². The summed E-state index contributed by atoms with van der Waals surface area (Å²) in [4.78, 5) is 6.94. The molecule has 0 spiro atoms. The fourth-order valence-electron chi connectivity index (χ4n) is 2.78. The van der Waals surface area contributed by atoms with E-state index in [1.54, 1.807) is 14.2 Å². The molecule has 1 aliphatic rings. The van der Waals surface area contributed by atoms with Crippen LogP contribution in [0.4, 0.5) is 5.82 Å². The Hall–Kier alpha value is -1.17. The highest BCUT2D eigenvalue weighted by Gasteiger charge is 2.27. The molecule has 2 unspecified atom stereocenters. The van der Waals surface area contributed by atoms with E-state index in [1.807, 2.05) is 12.3 Å². The number of aromatic nitrogens is 1. The maximum Gasteiger partial charge on any atom is 0.133 e. The Balaban J connectivity index is 2.01. The van der Waals surface area contributed by atoms with Crippen LogP contribution in [0.5, 0.6) is 0 Å². The number of piperidine rings is 1. The second-order valence-corrected chi connectivity index (χ2v) is 5.64. The normalized spacial score (nSPS) is 22.5. The Kier molecular flexibility index (Phi) is 6.42. The molecule has 118 valence electrons. The Morgan fingerprint density at radius 1 is 1.43 bits per heavy atom. The van der Waals surface area contributed by atoms with E-state index >= 15 is 0 Å². The van der Waals surface area contributed by atoms with Gasteiger partial charge >= 0.3 is 0 Å². The van der Waals surface area contributed by atoms with Gasteiger partial charge in [0.05, 0.1) is 12.7 Å². The van der Waals surface area contributed by atoms with Gasteiger partial charge in [-0.2, -0.15) is 0 Å². The van der Waals surface area contributed by atoms with E-state index in [0.717, 1.165) is 45.0 Å². The van der Waals surface area contributed by atoms with Gasteiger partial charge in [0.2, 0.25) is 0 Å². The average Bonchev–Trinajstić information content (AvgIpc) is 2.52. The molecule has 5 nitrogen and oxygen atoms in total. The van der Waals surface area contributed by atoms with Crippen molar-refractivity contribution in [3.63, 3.8) is 0 Å². The lowest BCUT2D eigenvalue weighted by Gasteiger charge is -2.37. The zero-order valence-corrected chi connectivity index (χ0v) is 13.3. The van der Waals surface area contributed by atoms with E-state index in [0.29, 0.717) is 5.92 Å². The molecule has 1 fully saturated rings. The number of hydrogen-bond acceptors (Lipinski definition) is 5. The number of anilines is 1. The molecule has 1 aromatic heterocycles. The Labute approximate surface area is 127 Å². The van der Waals surface area contributed by atoms with E-state index in [1.165, 1.54) is 5.56 Å². The van der Waals surface area contributed by atoms with Crippen LogP contribution in [-0.2, 0) is 16.0 Å². The van der Waals surface area contributed by atoms with Crippen molar-refractivity contribution in [3.05, 3.63) is 23.9 Å². The third-order valence-corrected chi connectivity index (χ3v) is 4.16. The fourth-order valence-corrected chi connectivity index (χ4v) is 2.78. The SMILES string of the molecule is COCCNCc1cccnc1N1CCC(C)C(OC)C1. The third kappa shape index (κ3) is 4.40. The molecule has 1 aromatic rings. The van der Waals surface area contributed by atoms with Crippen molar-refractivity contribution in [2.24, 2.45) is 5.92 Å². The molecule has 1 aliphatic heterocycles. The monoisotopic (exact) mass is 293 g/mol. The molecule has 5 heteroatoms. The van der Waals surface area contributed by atoms with Crippen molar-refractivity contribution >= 4 is 5.82 Å². The molecule has 21 heavy (non-hydrogen) atoms. The highest BCUT2D eigenvalue weighted by atomic mass is 16.5. The standard InChI is InChI=1S/C16H27N3O2/c1-13-6-9-19(12-15(13)21-3)16-14(5-4-7-18-16)11-17-8-10-20-2/h4-5,7,13,15,17H,6,8-12H2,1-3H3.